The lowest BCUT2D eigenvalue weighted by atomic mass is 11.4. The zero-order valence-corrected chi connectivity index (χ0v) is 3.45. The van der Waals surface area contributed by atoms with E-state index in [1.807, 2.05) is 0 Å². The lowest BCUT2D eigenvalue weighted by Gasteiger charge is -2.10. The Hall–Kier alpha value is -1.46. The number of rotatable bonds is 0. The first-order valence-corrected chi connectivity index (χ1v) is 1.39. The molecule has 0 spiro atoms. The Morgan fingerprint density at radius 2 is 1.25 bits per heavy atom. The number of carboxylic acid groups (broad SMARTS) is 2. The molecule has 0 fully saturated rings. The van der Waals surface area contributed by atoms with Crippen LogP contribution >= 0.6 is 0 Å². The molecule has 6 nitrogen and oxygen atoms in total. The molecule has 0 saturated carbocycles. The predicted molar refractivity (Wildman–Crippen MR) is 13.0 cm³/mol. The van der Waals surface area contributed by atoms with Crippen molar-refractivity contribution >= 4 is 12.3 Å². The van der Waals surface area contributed by atoms with Crippen LogP contribution in [0.15, 0.2) is 0 Å². The van der Waals surface area contributed by atoms with Gasteiger partial charge in [0.2, 0.25) is 0 Å². The Morgan fingerprint density at radius 1 is 1.00 bits per heavy atom. The fourth-order valence-corrected chi connectivity index (χ4v) is 0.0680. The summed E-state index contributed by atoms with van der Waals surface area (Å²) in [6.45, 7) is 0. The normalized spacial score (nSPS) is 7.50. The van der Waals surface area contributed by atoms with Gasteiger partial charge in [0.15, 0.2) is 0 Å². The maximum Gasteiger partial charge on any atom is 0.273 e. The van der Waals surface area contributed by atoms with Crippen molar-refractivity contribution in [3.05, 3.63) is 0 Å². The molecule has 0 aliphatic carbocycles. The fraction of sp³-hybridized carbons (Fsp3) is 0. The summed E-state index contributed by atoms with van der Waals surface area (Å²) in [7, 11) is 0. The molecular weight excluding hydrogens is 120 g/mol. The van der Waals surface area contributed by atoms with E-state index in [0.717, 1.165) is 0 Å². The van der Waals surface area contributed by atoms with E-state index in [4.69, 9.17) is 19.8 Å². The summed E-state index contributed by atoms with van der Waals surface area (Å²) in [4.78, 5) is 24.2. The van der Waals surface area contributed by atoms with Gasteiger partial charge in [0.05, 0.1) is 0 Å². The number of carbonyl (C=O) groups is 2. The zero-order valence-electron chi connectivity index (χ0n) is 3.45. The highest BCUT2D eigenvalue weighted by Crippen LogP contribution is 1.72. The molecule has 0 aliphatic heterocycles. The van der Waals surface area contributed by atoms with Crippen LogP contribution in [0.5, 0.6) is 0 Å². The van der Waals surface area contributed by atoms with Crippen molar-refractivity contribution in [3.63, 3.8) is 0 Å². The smallest absolute Gasteiger partial charge is 0.273 e. The molecule has 0 amide bonds. The van der Waals surface area contributed by atoms with E-state index in [0.29, 0.717) is 0 Å². The van der Waals surface area contributed by atoms with E-state index in [-0.39, 0.29) is 0 Å². The number of carbonyl (C=O) groups excluding carboxylic acids is 2. The largest absolute Gasteiger partial charge is 0.424 e. The van der Waals surface area contributed by atoms with Crippen LogP contribution in [0.25, 0.3) is 0 Å². The minimum absolute atomic E-state index is 2.09. The van der Waals surface area contributed by atoms with E-state index in [1.165, 1.54) is 0 Å². The zero-order chi connectivity index (χ0) is 6.57. The van der Waals surface area contributed by atoms with Gasteiger partial charge < -0.3 is 29.6 Å². The lowest BCUT2D eigenvalue weighted by molar-refractivity contribution is -0.383. The second kappa shape index (κ2) is 2.67. The summed E-state index contributed by atoms with van der Waals surface area (Å²) in [6.07, 6.45) is -4.18. The van der Waals surface area contributed by atoms with Crippen LogP contribution in [0.4, 0.5) is 9.59 Å². The molecule has 0 rings (SSSR count). The third-order valence-corrected chi connectivity index (χ3v) is 0.178. The van der Waals surface area contributed by atoms with E-state index in [9.17, 15) is 0 Å². The second-order valence-corrected chi connectivity index (χ2v) is 0.667. The van der Waals surface area contributed by atoms with Gasteiger partial charge >= 0.3 is 0 Å². The maximum absolute atomic E-state index is 9.15. The van der Waals surface area contributed by atoms with Crippen molar-refractivity contribution in [2.24, 2.45) is 0 Å². The molecule has 0 aromatic heterocycles. The second-order valence-electron chi connectivity index (χ2n) is 0.667. The van der Waals surface area contributed by atoms with E-state index < -0.39 is 12.3 Å². The van der Waals surface area contributed by atoms with E-state index in [2.05, 4.69) is 9.78 Å². The van der Waals surface area contributed by atoms with Gasteiger partial charge in [-0.2, -0.15) is 0 Å². The maximum atomic E-state index is 9.15. The molecule has 0 unspecified atom stereocenters. The standard InChI is InChI=1S/C2H2O6/c3-1(4)7-8-2(5)6/h(H,3,4)(H,5,6)/p-2. The Bertz CT molecular complexity index is 91.1. The predicted octanol–water partition coefficient (Wildman–Crippen LogP) is -2.38. The molecular formula is C2O6-2. The fourth-order valence-electron chi connectivity index (χ4n) is 0.0680. The van der Waals surface area contributed by atoms with Crippen LogP contribution < -0.4 is 10.2 Å². The van der Waals surface area contributed by atoms with Gasteiger partial charge in [-0.1, -0.05) is 0 Å². The molecule has 0 aromatic rings. The summed E-state index contributed by atoms with van der Waals surface area (Å²) in [5, 5.41) is 18.3. The summed E-state index contributed by atoms with van der Waals surface area (Å²) >= 11 is 0. The molecule has 0 atom stereocenters. The molecule has 0 aliphatic rings. The molecule has 0 N–H and O–H groups in total. The van der Waals surface area contributed by atoms with Crippen molar-refractivity contribution in [3.8, 4) is 0 Å². The number of hydrogen-bond donors (Lipinski definition) is 0. The van der Waals surface area contributed by atoms with E-state index in [1.54, 1.807) is 0 Å². The molecule has 0 heterocycles. The molecule has 0 aromatic carbocycles. The van der Waals surface area contributed by atoms with Gasteiger partial charge in [-0.3, -0.25) is 0 Å². The molecule has 0 radical (unpaired) electrons. The molecule has 8 heavy (non-hydrogen) atoms. The topological polar surface area (TPSA) is 98.7 Å². The van der Waals surface area contributed by atoms with Crippen molar-refractivity contribution in [2.75, 3.05) is 0 Å². The Balaban J connectivity index is 3.18. The highest BCUT2D eigenvalue weighted by atomic mass is 17.2. The number of hydrogen-bond acceptors (Lipinski definition) is 6. The minimum Gasteiger partial charge on any atom is -0.424 e. The van der Waals surface area contributed by atoms with Crippen LogP contribution in [0, 0.1) is 0 Å². The van der Waals surface area contributed by atoms with Gasteiger partial charge in [0.25, 0.3) is 12.3 Å². The van der Waals surface area contributed by atoms with Crippen molar-refractivity contribution in [1.82, 2.24) is 0 Å². The summed E-state index contributed by atoms with van der Waals surface area (Å²) < 4.78 is 0. The van der Waals surface area contributed by atoms with Crippen LogP contribution in [0.1, 0.15) is 0 Å². The van der Waals surface area contributed by atoms with Crippen LogP contribution in [-0.4, -0.2) is 12.3 Å². The van der Waals surface area contributed by atoms with Crippen LogP contribution in [0.3, 0.4) is 0 Å². The minimum atomic E-state index is -2.09. The average Bonchev–Trinajstić information content (AvgIpc) is 1.61. The molecule has 0 saturated heterocycles. The Morgan fingerprint density at radius 3 is 1.38 bits per heavy atom. The average molecular weight is 120 g/mol. The van der Waals surface area contributed by atoms with Gasteiger partial charge in [-0.15, -0.1) is 0 Å². The third kappa shape index (κ3) is 4.54. The monoisotopic (exact) mass is 120 g/mol. The summed E-state index contributed by atoms with van der Waals surface area (Å²) in [5.74, 6) is 0. The van der Waals surface area contributed by atoms with Crippen molar-refractivity contribution < 1.29 is 29.6 Å². The molecule has 46 valence electrons. The lowest BCUT2D eigenvalue weighted by Crippen LogP contribution is -2.30. The Labute approximate surface area is 43.2 Å². The first kappa shape index (κ1) is 6.54. The van der Waals surface area contributed by atoms with E-state index >= 15 is 0 Å². The van der Waals surface area contributed by atoms with Crippen molar-refractivity contribution in [1.29, 1.82) is 0 Å². The first-order valence-electron chi connectivity index (χ1n) is 1.39. The van der Waals surface area contributed by atoms with Crippen LogP contribution in [0.2, 0.25) is 0 Å². The first-order chi connectivity index (χ1) is 3.63. The Kier molecular flexibility index (Phi) is 2.18. The van der Waals surface area contributed by atoms with Crippen molar-refractivity contribution in [2.45, 2.75) is 0 Å². The molecule has 0 bridgehead atoms. The highest BCUT2D eigenvalue weighted by Gasteiger charge is 1.79. The summed E-state index contributed by atoms with van der Waals surface area (Å²) in [6, 6.07) is 0. The van der Waals surface area contributed by atoms with Crippen LogP contribution in [-0.2, 0) is 9.78 Å². The summed E-state index contributed by atoms with van der Waals surface area (Å²) in [5.41, 5.74) is 0. The van der Waals surface area contributed by atoms with Gasteiger partial charge in [0, 0.05) is 0 Å². The highest BCUT2D eigenvalue weighted by molar-refractivity contribution is 5.57. The van der Waals surface area contributed by atoms with Gasteiger partial charge in [-0.25, -0.2) is 0 Å². The molecule has 6 heteroatoms. The van der Waals surface area contributed by atoms with Gasteiger partial charge in [-0.05, 0) is 0 Å². The third-order valence-electron chi connectivity index (χ3n) is 0.178. The SMILES string of the molecule is O=C([O-])OOC(=O)[O-]. The van der Waals surface area contributed by atoms with Gasteiger partial charge in [0.1, 0.15) is 0 Å². The quantitative estimate of drug-likeness (QED) is 0.261.